The minimum absolute atomic E-state index is 0. The lowest BCUT2D eigenvalue weighted by Gasteiger charge is -2.15. The zero-order chi connectivity index (χ0) is 15.1. The number of pyridine rings is 1. The second-order valence-electron chi connectivity index (χ2n) is 5.31. The molecule has 4 nitrogen and oxygen atoms in total. The summed E-state index contributed by atoms with van der Waals surface area (Å²) in [4.78, 5) is 4.29. The molecule has 4 N–H and O–H groups in total. The van der Waals surface area contributed by atoms with Crippen molar-refractivity contribution in [1.82, 2.24) is 10.3 Å². The lowest BCUT2D eigenvalue weighted by atomic mass is 10.1. The van der Waals surface area contributed by atoms with Crippen molar-refractivity contribution in [2.45, 2.75) is 39.0 Å². The van der Waals surface area contributed by atoms with E-state index in [2.05, 4.69) is 41.5 Å². The van der Waals surface area contributed by atoms with E-state index >= 15 is 0 Å². The van der Waals surface area contributed by atoms with Crippen molar-refractivity contribution in [3.8, 4) is 0 Å². The van der Waals surface area contributed by atoms with Crippen LogP contribution in [0.3, 0.4) is 0 Å². The second-order valence-corrected chi connectivity index (χ2v) is 5.31. The molecule has 0 saturated heterocycles. The van der Waals surface area contributed by atoms with Gasteiger partial charge in [-0.1, -0.05) is 36.4 Å². The van der Waals surface area contributed by atoms with Gasteiger partial charge in [0.05, 0.1) is 12.3 Å². The monoisotopic (exact) mass is 357 g/mol. The molecule has 0 amide bonds. The van der Waals surface area contributed by atoms with Gasteiger partial charge in [-0.2, -0.15) is 0 Å². The molecular weight excluding hydrogens is 333 g/mol. The minimum Gasteiger partial charge on any atom is -0.392 e. The predicted octanol–water partition coefficient (Wildman–Crippen LogP) is 3.11. The number of benzene rings is 1. The Morgan fingerprint density at radius 1 is 1.13 bits per heavy atom. The molecule has 0 spiro atoms. The molecule has 0 saturated carbocycles. The van der Waals surface area contributed by atoms with Crippen LogP contribution in [0, 0.1) is 0 Å². The van der Waals surface area contributed by atoms with Crippen LogP contribution in [0.4, 0.5) is 5.82 Å². The number of nitrogens with two attached hydrogens (primary N) is 1. The molecule has 1 atom stereocenters. The number of aryl methyl sites for hydroxylation is 1. The van der Waals surface area contributed by atoms with Crippen LogP contribution in [-0.2, 0) is 19.6 Å². The highest BCUT2D eigenvalue weighted by Gasteiger charge is 2.07. The fraction of sp³-hybridized carbons (Fsp3) is 0.353. The van der Waals surface area contributed by atoms with Crippen molar-refractivity contribution in [3.05, 3.63) is 59.3 Å². The molecular formula is C17H25Cl2N3O. The maximum atomic E-state index is 9.32. The molecule has 6 heteroatoms. The maximum Gasteiger partial charge on any atom is 0.123 e. The van der Waals surface area contributed by atoms with Crippen molar-refractivity contribution in [1.29, 1.82) is 0 Å². The number of nitrogens with zero attached hydrogens (tertiary/aromatic N) is 1. The minimum atomic E-state index is -0.0112. The first kappa shape index (κ1) is 21.7. The molecule has 23 heavy (non-hydrogen) atoms. The number of rotatable bonds is 7. The fourth-order valence-corrected chi connectivity index (χ4v) is 2.24. The molecule has 0 radical (unpaired) electrons. The van der Waals surface area contributed by atoms with Crippen molar-refractivity contribution in [2.24, 2.45) is 0 Å². The Morgan fingerprint density at radius 3 is 2.48 bits per heavy atom. The molecule has 0 aliphatic rings. The van der Waals surface area contributed by atoms with Gasteiger partial charge in [0.1, 0.15) is 5.82 Å². The molecule has 1 aromatic heterocycles. The Bertz CT molecular complexity index is 567. The number of hydrogen-bond acceptors (Lipinski definition) is 4. The van der Waals surface area contributed by atoms with E-state index < -0.39 is 0 Å². The molecule has 128 valence electrons. The first-order valence-corrected chi connectivity index (χ1v) is 7.31. The van der Waals surface area contributed by atoms with Gasteiger partial charge in [-0.15, -0.1) is 24.8 Å². The number of aromatic nitrogens is 1. The summed E-state index contributed by atoms with van der Waals surface area (Å²) in [6, 6.07) is 14.4. The average Bonchev–Trinajstić information content (AvgIpc) is 2.52. The van der Waals surface area contributed by atoms with Crippen LogP contribution in [0.5, 0.6) is 0 Å². The maximum absolute atomic E-state index is 9.32. The Kier molecular flexibility index (Phi) is 10.6. The molecule has 1 heterocycles. The van der Waals surface area contributed by atoms with E-state index in [0.717, 1.165) is 24.1 Å². The number of nitrogens with one attached hydrogen (secondary N) is 1. The number of aliphatic hydroxyl groups is 1. The summed E-state index contributed by atoms with van der Waals surface area (Å²) in [6.45, 7) is 2.77. The van der Waals surface area contributed by atoms with E-state index in [0.29, 0.717) is 18.4 Å². The normalized spacial score (nSPS) is 11.2. The van der Waals surface area contributed by atoms with E-state index in [1.807, 2.05) is 12.1 Å². The third-order valence-corrected chi connectivity index (χ3v) is 3.59. The summed E-state index contributed by atoms with van der Waals surface area (Å²) < 4.78 is 0. The molecule has 2 rings (SSSR count). The van der Waals surface area contributed by atoms with Gasteiger partial charge in [0, 0.05) is 18.2 Å². The van der Waals surface area contributed by atoms with Crippen LogP contribution < -0.4 is 11.1 Å². The van der Waals surface area contributed by atoms with Crippen LogP contribution >= 0.6 is 24.8 Å². The first-order valence-electron chi connectivity index (χ1n) is 7.31. The van der Waals surface area contributed by atoms with E-state index in [4.69, 9.17) is 5.73 Å². The highest BCUT2D eigenvalue weighted by molar-refractivity contribution is 5.85. The zero-order valence-corrected chi connectivity index (χ0v) is 14.9. The Labute approximate surface area is 150 Å². The highest BCUT2D eigenvalue weighted by Crippen LogP contribution is 2.10. The van der Waals surface area contributed by atoms with Crippen molar-refractivity contribution in [3.63, 3.8) is 0 Å². The van der Waals surface area contributed by atoms with Crippen LogP contribution in [-0.4, -0.2) is 16.1 Å². The summed E-state index contributed by atoms with van der Waals surface area (Å²) in [5.41, 5.74) is 8.70. The molecule has 1 aromatic carbocycles. The molecule has 1 unspecified atom stereocenters. The SMILES string of the molecule is CC(CCc1ccccc1)NCc1nc(N)ccc1CO.Cl.Cl. The van der Waals surface area contributed by atoms with Crippen molar-refractivity contribution in [2.75, 3.05) is 5.73 Å². The van der Waals surface area contributed by atoms with E-state index in [9.17, 15) is 5.11 Å². The number of halogens is 2. The number of aliphatic hydroxyl groups excluding tert-OH is 1. The molecule has 0 aliphatic heterocycles. The van der Waals surface area contributed by atoms with Gasteiger partial charge >= 0.3 is 0 Å². The second kappa shape index (κ2) is 11.2. The van der Waals surface area contributed by atoms with Gasteiger partial charge in [-0.3, -0.25) is 0 Å². The van der Waals surface area contributed by atoms with E-state index in [1.165, 1.54) is 5.56 Å². The number of nitrogen functional groups attached to an aromatic ring is 1. The average molecular weight is 358 g/mol. The highest BCUT2D eigenvalue weighted by atomic mass is 35.5. The van der Waals surface area contributed by atoms with Gasteiger partial charge < -0.3 is 16.2 Å². The lowest BCUT2D eigenvalue weighted by molar-refractivity contribution is 0.279. The first-order chi connectivity index (χ1) is 10.2. The van der Waals surface area contributed by atoms with Crippen LogP contribution in [0.2, 0.25) is 0 Å². The molecule has 0 bridgehead atoms. The Hall–Kier alpha value is -1.33. The summed E-state index contributed by atoms with van der Waals surface area (Å²) in [5, 5.41) is 12.8. The third kappa shape index (κ3) is 7.18. The van der Waals surface area contributed by atoms with Crippen molar-refractivity contribution >= 4 is 30.6 Å². The van der Waals surface area contributed by atoms with Gasteiger partial charge in [0.15, 0.2) is 0 Å². The molecule has 2 aromatic rings. The summed E-state index contributed by atoms with van der Waals surface area (Å²) in [6.07, 6.45) is 2.10. The fourth-order valence-electron chi connectivity index (χ4n) is 2.24. The number of anilines is 1. The van der Waals surface area contributed by atoms with Gasteiger partial charge in [0.2, 0.25) is 0 Å². The summed E-state index contributed by atoms with van der Waals surface area (Å²) >= 11 is 0. The standard InChI is InChI=1S/C17H23N3O.2ClH/c1-13(7-8-14-5-3-2-4-6-14)19-11-16-15(12-21)9-10-17(18)20-16;;/h2-6,9-10,13,19,21H,7-8,11-12H2,1H3,(H2,18,20);2*1H. The predicted molar refractivity (Wildman–Crippen MR) is 100 cm³/mol. The Morgan fingerprint density at radius 2 is 1.83 bits per heavy atom. The van der Waals surface area contributed by atoms with Crippen LogP contribution in [0.1, 0.15) is 30.2 Å². The van der Waals surface area contributed by atoms with Gasteiger partial charge in [-0.25, -0.2) is 4.98 Å². The van der Waals surface area contributed by atoms with Gasteiger partial charge in [-0.05, 0) is 31.4 Å². The number of hydrogen-bond donors (Lipinski definition) is 3. The summed E-state index contributed by atoms with van der Waals surface area (Å²) in [5.74, 6) is 0.487. The van der Waals surface area contributed by atoms with E-state index in [1.54, 1.807) is 6.07 Å². The van der Waals surface area contributed by atoms with Crippen LogP contribution in [0.15, 0.2) is 42.5 Å². The third-order valence-electron chi connectivity index (χ3n) is 3.59. The summed E-state index contributed by atoms with van der Waals surface area (Å²) in [7, 11) is 0. The van der Waals surface area contributed by atoms with E-state index in [-0.39, 0.29) is 31.4 Å². The molecule has 0 aliphatic carbocycles. The van der Waals surface area contributed by atoms with Gasteiger partial charge in [0.25, 0.3) is 0 Å². The topological polar surface area (TPSA) is 71.2 Å². The lowest BCUT2D eigenvalue weighted by Crippen LogP contribution is -2.27. The smallest absolute Gasteiger partial charge is 0.123 e. The Balaban J connectivity index is 0.00000242. The van der Waals surface area contributed by atoms with Crippen LogP contribution in [0.25, 0.3) is 0 Å². The quantitative estimate of drug-likeness (QED) is 0.711. The largest absolute Gasteiger partial charge is 0.392 e. The zero-order valence-electron chi connectivity index (χ0n) is 13.2. The van der Waals surface area contributed by atoms with Crippen molar-refractivity contribution < 1.29 is 5.11 Å². The molecule has 0 fully saturated rings.